The zero-order chi connectivity index (χ0) is 32.2. The van der Waals surface area contributed by atoms with E-state index in [1.54, 1.807) is 30.9 Å². The Kier molecular flexibility index (Phi) is 8.34. The first-order chi connectivity index (χ1) is 22.2. The maximum atomic E-state index is 14.6. The number of hydrogen-bond acceptors (Lipinski definition) is 5. The van der Waals surface area contributed by atoms with E-state index in [-0.39, 0.29) is 36.2 Å². The number of fused-ring (bicyclic) bond motifs is 2. The smallest absolute Gasteiger partial charge is 0.251 e. The fourth-order valence-corrected chi connectivity index (χ4v) is 9.68. The highest BCUT2D eigenvalue weighted by atomic mass is 79.9. The summed E-state index contributed by atoms with van der Waals surface area (Å²) in [6.45, 7) is 2.06. The molecule has 0 radical (unpaired) electrons. The normalized spacial score (nSPS) is 27.3. The van der Waals surface area contributed by atoms with Gasteiger partial charge in [-0.05, 0) is 117 Å². The van der Waals surface area contributed by atoms with E-state index in [4.69, 9.17) is 4.74 Å². The quantitative estimate of drug-likeness (QED) is 0.295. The van der Waals surface area contributed by atoms with Crippen LogP contribution in [0.4, 0.5) is 11.4 Å². The Morgan fingerprint density at radius 1 is 1.00 bits per heavy atom. The van der Waals surface area contributed by atoms with Crippen molar-refractivity contribution in [1.29, 1.82) is 0 Å². The average Bonchev–Trinajstić information content (AvgIpc) is 3.14. The largest absolute Gasteiger partial charge is 0.496 e. The maximum Gasteiger partial charge on any atom is 0.251 e. The number of nitrogens with one attached hydrogen (secondary N) is 2. The van der Waals surface area contributed by atoms with Gasteiger partial charge in [-0.25, -0.2) is 0 Å². The fourth-order valence-electron chi connectivity index (χ4n) is 9.30. The van der Waals surface area contributed by atoms with E-state index in [0.717, 1.165) is 57.8 Å². The van der Waals surface area contributed by atoms with Crippen LogP contribution in [0.1, 0.15) is 57.4 Å². The van der Waals surface area contributed by atoms with Crippen molar-refractivity contribution in [2.75, 3.05) is 30.5 Å². The number of rotatable bonds is 8. The van der Waals surface area contributed by atoms with Gasteiger partial charge in [-0.2, -0.15) is 0 Å². The lowest BCUT2D eigenvalue weighted by molar-refractivity contribution is -0.129. The first kappa shape index (κ1) is 31.2. The van der Waals surface area contributed by atoms with Crippen molar-refractivity contribution in [3.63, 3.8) is 0 Å². The molecule has 1 unspecified atom stereocenters. The van der Waals surface area contributed by atoms with Gasteiger partial charge in [0.1, 0.15) is 11.8 Å². The van der Waals surface area contributed by atoms with Crippen LogP contribution in [0.3, 0.4) is 0 Å². The van der Waals surface area contributed by atoms with Gasteiger partial charge in [-0.15, -0.1) is 0 Å². The Bertz CT molecular complexity index is 1660. The lowest BCUT2D eigenvalue weighted by Gasteiger charge is -2.57. The second kappa shape index (κ2) is 12.3. The molecule has 5 aliphatic rings. The molecule has 4 saturated carbocycles. The molecule has 46 heavy (non-hydrogen) atoms. The minimum Gasteiger partial charge on any atom is -0.496 e. The van der Waals surface area contributed by atoms with Crippen molar-refractivity contribution in [3.05, 3.63) is 64.6 Å². The van der Waals surface area contributed by atoms with E-state index >= 15 is 0 Å². The van der Waals surface area contributed by atoms with E-state index in [2.05, 4.69) is 26.6 Å². The number of halogens is 1. The molecule has 3 aromatic carbocycles. The third-order valence-electron chi connectivity index (χ3n) is 11.1. The summed E-state index contributed by atoms with van der Waals surface area (Å²) in [6.07, 6.45) is 7.81. The summed E-state index contributed by atoms with van der Waals surface area (Å²) in [5, 5.41) is 7.96. The molecule has 0 saturated heterocycles. The van der Waals surface area contributed by atoms with E-state index in [9.17, 15) is 14.4 Å². The van der Waals surface area contributed by atoms with Crippen molar-refractivity contribution >= 4 is 55.8 Å². The highest BCUT2D eigenvalue weighted by molar-refractivity contribution is 9.10. The summed E-state index contributed by atoms with van der Waals surface area (Å²) in [5.74, 6) is 2.37. The van der Waals surface area contributed by atoms with E-state index in [1.165, 1.54) is 19.3 Å². The Hall–Kier alpha value is -3.43. The Morgan fingerprint density at radius 2 is 1.67 bits per heavy atom. The van der Waals surface area contributed by atoms with Gasteiger partial charge in [-0.3, -0.25) is 14.4 Å². The minimum atomic E-state index is -0.925. The van der Waals surface area contributed by atoms with Crippen LogP contribution in [0, 0.1) is 23.2 Å². The average molecular weight is 688 g/mol. The minimum absolute atomic E-state index is 0.0394. The number of anilines is 2. The third-order valence-corrected chi connectivity index (χ3v) is 11.6. The number of carbonyl (C=O) groups excluding carboxylic acids is 3. The van der Waals surface area contributed by atoms with Gasteiger partial charge in [0, 0.05) is 16.5 Å². The van der Waals surface area contributed by atoms with Crippen molar-refractivity contribution in [1.82, 2.24) is 10.6 Å². The van der Waals surface area contributed by atoms with Gasteiger partial charge >= 0.3 is 0 Å². The summed E-state index contributed by atoms with van der Waals surface area (Å²) in [7, 11) is 3.35. The van der Waals surface area contributed by atoms with Crippen LogP contribution < -0.4 is 25.2 Å². The van der Waals surface area contributed by atoms with Crippen LogP contribution in [-0.4, -0.2) is 50.5 Å². The predicted octanol–water partition coefficient (Wildman–Crippen LogP) is 6.19. The number of carbonyl (C=O) groups is 3. The van der Waals surface area contributed by atoms with Crippen LogP contribution in [0.5, 0.6) is 5.75 Å². The van der Waals surface area contributed by atoms with Gasteiger partial charge in [0.05, 0.1) is 37.6 Å². The number of benzene rings is 3. The van der Waals surface area contributed by atoms with Crippen LogP contribution >= 0.6 is 15.9 Å². The van der Waals surface area contributed by atoms with Crippen molar-refractivity contribution in [2.24, 2.45) is 23.2 Å². The van der Waals surface area contributed by atoms with Crippen LogP contribution in [0.25, 0.3) is 10.8 Å². The molecular formula is C37H43BrN4O4. The monoisotopic (exact) mass is 686 g/mol. The van der Waals surface area contributed by atoms with Crippen LogP contribution in [0.2, 0.25) is 0 Å². The third kappa shape index (κ3) is 5.70. The zero-order valence-corrected chi connectivity index (χ0v) is 28.4. The molecule has 242 valence electrons. The van der Waals surface area contributed by atoms with Crippen LogP contribution in [-0.2, 0) is 20.9 Å². The predicted molar refractivity (Wildman–Crippen MR) is 184 cm³/mol. The molecule has 3 amide bonds. The molecule has 0 aromatic heterocycles. The molecule has 4 aliphatic carbocycles. The number of hydrogen-bond donors (Lipinski definition) is 2. The molecule has 1 heterocycles. The fraction of sp³-hybridized carbons (Fsp3) is 0.486. The summed E-state index contributed by atoms with van der Waals surface area (Å²) in [4.78, 5) is 45.9. The summed E-state index contributed by atoms with van der Waals surface area (Å²) in [5.41, 5.74) is 2.25. The topological polar surface area (TPSA) is 91.0 Å². The Labute approximate surface area is 279 Å². The number of amides is 3. The number of para-hydroxylation sites is 2. The van der Waals surface area contributed by atoms with Crippen molar-refractivity contribution in [2.45, 2.75) is 70.5 Å². The van der Waals surface area contributed by atoms with E-state index in [0.29, 0.717) is 23.5 Å². The lowest BCUT2D eigenvalue weighted by atomic mass is 9.49. The van der Waals surface area contributed by atoms with Gasteiger partial charge in [0.25, 0.3) is 5.91 Å². The van der Waals surface area contributed by atoms with Crippen molar-refractivity contribution in [3.8, 4) is 5.75 Å². The SMILES string of the molecule is CNC(C)C(=O)N[C@H]1CN(C(=O)CC23CC4CC(CC(C4)C2)C3)c2ccccc2N(Cc2c(OC)ccc3cc(Br)ccc23)C1=O. The molecule has 9 heteroatoms. The maximum absolute atomic E-state index is 14.6. The summed E-state index contributed by atoms with van der Waals surface area (Å²) in [6, 6.07) is 16.2. The highest BCUT2D eigenvalue weighted by Gasteiger charge is 2.52. The molecule has 1 aliphatic heterocycles. The van der Waals surface area contributed by atoms with Crippen LogP contribution in [0.15, 0.2) is 59.1 Å². The molecular weight excluding hydrogens is 644 g/mol. The summed E-state index contributed by atoms with van der Waals surface area (Å²) < 4.78 is 6.78. The highest BCUT2D eigenvalue weighted by Crippen LogP contribution is 2.61. The molecule has 8 nitrogen and oxygen atoms in total. The first-order valence-electron chi connectivity index (χ1n) is 16.6. The number of methoxy groups -OCH3 is 1. The van der Waals surface area contributed by atoms with Gasteiger partial charge < -0.3 is 25.2 Å². The molecule has 0 spiro atoms. The zero-order valence-electron chi connectivity index (χ0n) is 26.9. The number of ether oxygens (including phenoxy) is 1. The Morgan fingerprint density at radius 3 is 2.33 bits per heavy atom. The molecule has 2 N–H and O–H groups in total. The molecule has 2 atom stereocenters. The van der Waals surface area contributed by atoms with E-state index in [1.807, 2.05) is 54.6 Å². The van der Waals surface area contributed by atoms with Gasteiger partial charge in [-0.1, -0.05) is 40.2 Å². The lowest BCUT2D eigenvalue weighted by Crippen LogP contribution is -2.56. The van der Waals surface area contributed by atoms with E-state index < -0.39 is 12.1 Å². The van der Waals surface area contributed by atoms with Gasteiger partial charge in [0.2, 0.25) is 11.8 Å². The number of likely N-dealkylation sites (N-methyl/N-ethyl adjacent to an activating group) is 1. The molecule has 4 bridgehead atoms. The van der Waals surface area contributed by atoms with Crippen molar-refractivity contribution < 1.29 is 19.1 Å². The van der Waals surface area contributed by atoms with Gasteiger partial charge in [0.15, 0.2) is 0 Å². The first-order valence-corrected chi connectivity index (χ1v) is 17.4. The second-order valence-corrected chi connectivity index (χ2v) is 15.1. The number of nitrogens with zero attached hydrogens (tertiary/aromatic N) is 2. The summed E-state index contributed by atoms with van der Waals surface area (Å²) >= 11 is 3.58. The Balaban J connectivity index is 1.29. The standard InChI is InChI=1S/C37H43BrN4O4/c1-22(39-2)35(44)40-30-21-41(34(43)19-37-16-23-12-24(17-37)14-25(13-23)18-37)31-6-4-5-7-32(31)42(36(30)45)20-29-28-10-9-27(38)15-26(28)8-11-33(29)46-3/h4-11,15,22-25,30,39H,12-14,16-21H2,1-3H3,(H,40,44)/t22?,23?,24?,25?,30-,37?/m0/s1. The second-order valence-electron chi connectivity index (χ2n) is 14.2. The molecule has 3 aromatic rings. The molecule has 8 rings (SSSR count). The molecule has 4 fully saturated rings.